The molecule has 0 aliphatic heterocycles. The zero-order valence-electron chi connectivity index (χ0n) is 11.2. The van der Waals surface area contributed by atoms with Crippen molar-refractivity contribution in [3.05, 3.63) is 35.4 Å². The second-order valence-corrected chi connectivity index (χ2v) is 4.68. The third-order valence-corrected chi connectivity index (χ3v) is 2.96. The number of halogens is 2. The molecule has 0 spiro atoms. The molecule has 0 aliphatic rings. The van der Waals surface area contributed by atoms with Gasteiger partial charge in [-0.3, -0.25) is 9.59 Å². The molecule has 0 saturated heterocycles. The molecular weight excluding hydrogens is 268 g/mol. The molecule has 0 radical (unpaired) electrons. The highest BCUT2D eigenvalue weighted by Crippen LogP contribution is 2.12. The summed E-state index contributed by atoms with van der Waals surface area (Å²) in [5.41, 5.74) is -0.592. The summed E-state index contributed by atoms with van der Waals surface area (Å²) in [7, 11) is 0. The van der Waals surface area contributed by atoms with Crippen molar-refractivity contribution in [2.45, 2.75) is 26.2 Å². The number of nitrogens with one attached hydrogen (secondary N) is 1. The van der Waals surface area contributed by atoms with Gasteiger partial charge >= 0.3 is 5.97 Å². The first-order valence-corrected chi connectivity index (χ1v) is 6.35. The first kappa shape index (κ1) is 16.1. The van der Waals surface area contributed by atoms with Gasteiger partial charge in [-0.1, -0.05) is 13.0 Å². The summed E-state index contributed by atoms with van der Waals surface area (Å²) in [5, 5.41) is 11.0. The van der Waals surface area contributed by atoms with Crippen molar-refractivity contribution in [1.29, 1.82) is 0 Å². The summed E-state index contributed by atoms with van der Waals surface area (Å²) in [5.74, 6) is -3.36. The van der Waals surface area contributed by atoms with E-state index < -0.39 is 29.1 Å². The van der Waals surface area contributed by atoms with Crippen LogP contribution in [-0.4, -0.2) is 23.5 Å². The third kappa shape index (κ3) is 4.95. The molecule has 0 heterocycles. The molecule has 110 valence electrons. The number of hydrogen-bond acceptors (Lipinski definition) is 2. The lowest BCUT2D eigenvalue weighted by Gasteiger charge is -2.11. The van der Waals surface area contributed by atoms with Crippen LogP contribution in [0.3, 0.4) is 0 Å². The monoisotopic (exact) mass is 285 g/mol. The summed E-state index contributed by atoms with van der Waals surface area (Å²) in [6.07, 6.45) is 1.12. The number of carbonyl (C=O) groups is 2. The topological polar surface area (TPSA) is 66.4 Å². The molecule has 1 atom stereocenters. The van der Waals surface area contributed by atoms with Crippen molar-refractivity contribution in [3.63, 3.8) is 0 Å². The van der Waals surface area contributed by atoms with Crippen LogP contribution in [0, 0.1) is 17.6 Å². The number of carboxylic acid groups (broad SMARTS) is 1. The van der Waals surface area contributed by atoms with E-state index in [0.29, 0.717) is 12.8 Å². The zero-order valence-corrected chi connectivity index (χ0v) is 11.2. The van der Waals surface area contributed by atoms with Crippen LogP contribution in [0.15, 0.2) is 18.2 Å². The van der Waals surface area contributed by atoms with Crippen molar-refractivity contribution in [2.75, 3.05) is 6.54 Å². The van der Waals surface area contributed by atoms with Gasteiger partial charge in [0.1, 0.15) is 17.2 Å². The number of aliphatic carboxylic acids is 1. The normalized spacial score (nSPS) is 11.9. The molecule has 2 N–H and O–H groups in total. The molecule has 6 heteroatoms. The maximum absolute atomic E-state index is 13.3. The lowest BCUT2D eigenvalue weighted by atomic mass is 10.0. The Morgan fingerprint density at radius 3 is 2.40 bits per heavy atom. The van der Waals surface area contributed by atoms with E-state index in [0.717, 1.165) is 12.1 Å². The Labute approximate surface area is 115 Å². The number of amides is 1. The Bertz CT molecular complexity index is 471. The molecule has 0 bridgehead atoms. The maximum Gasteiger partial charge on any atom is 0.303 e. The van der Waals surface area contributed by atoms with Crippen LogP contribution >= 0.6 is 0 Å². The van der Waals surface area contributed by atoms with E-state index in [9.17, 15) is 18.4 Å². The average molecular weight is 285 g/mol. The second kappa shape index (κ2) is 7.57. The highest BCUT2D eigenvalue weighted by molar-refractivity contribution is 5.94. The van der Waals surface area contributed by atoms with Gasteiger partial charge in [0.25, 0.3) is 5.91 Å². The fourth-order valence-electron chi connectivity index (χ4n) is 1.75. The number of carboxylic acids is 1. The summed E-state index contributed by atoms with van der Waals surface area (Å²) in [6, 6.07) is 3.23. The Balaban J connectivity index is 2.42. The maximum atomic E-state index is 13.3. The van der Waals surface area contributed by atoms with Crippen molar-refractivity contribution >= 4 is 11.9 Å². The van der Waals surface area contributed by atoms with Gasteiger partial charge in [-0.15, -0.1) is 0 Å². The molecule has 1 rings (SSSR count). The van der Waals surface area contributed by atoms with Gasteiger partial charge in [-0.05, 0) is 30.9 Å². The predicted octanol–water partition coefficient (Wildman–Crippen LogP) is 2.59. The van der Waals surface area contributed by atoms with Gasteiger partial charge in [-0.25, -0.2) is 8.78 Å². The fourth-order valence-corrected chi connectivity index (χ4v) is 1.75. The predicted molar refractivity (Wildman–Crippen MR) is 69.3 cm³/mol. The molecule has 4 nitrogen and oxygen atoms in total. The zero-order chi connectivity index (χ0) is 15.1. The molecular formula is C14H17F2NO3. The lowest BCUT2D eigenvalue weighted by Crippen LogP contribution is -2.27. The number of hydrogen-bond donors (Lipinski definition) is 2. The van der Waals surface area contributed by atoms with Crippen LogP contribution in [0.1, 0.15) is 36.5 Å². The van der Waals surface area contributed by atoms with Crippen molar-refractivity contribution < 1.29 is 23.5 Å². The van der Waals surface area contributed by atoms with E-state index in [1.54, 1.807) is 0 Å². The molecule has 0 saturated carbocycles. The minimum absolute atomic E-state index is 0.0665. The van der Waals surface area contributed by atoms with Gasteiger partial charge in [0, 0.05) is 13.0 Å². The van der Waals surface area contributed by atoms with Crippen LogP contribution in [0.4, 0.5) is 8.78 Å². The number of rotatable bonds is 7. The molecule has 1 aromatic rings. The van der Waals surface area contributed by atoms with Crippen LogP contribution in [0.5, 0.6) is 0 Å². The van der Waals surface area contributed by atoms with Crippen LogP contribution in [0.25, 0.3) is 0 Å². The number of benzene rings is 1. The standard InChI is InChI=1S/C14H17F2NO3/c1-9(5-6-12(18)19)7-8-17-14(20)13-10(15)3-2-4-11(13)16/h2-4,9H,5-8H2,1H3,(H,17,20)(H,18,19). The largest absolute Gasteiger partial charge is 0.481 e. The van der Waals surface area contributed by atoms with E-state index in [1.807, 2.05) is 6.92 Å². The summed E-state index contributed by atoms with van der Waals surface area (Å²) >= 11 is 0. The van der Waals surface area contributed by atoms with E-state index >= 15 is 0 Å². The van der Waals surface area contributed by atoms with Crippen LogP contribution < -0.4 is 5.32 Å². The average Bonchev–Trinajstić information content (AvgIpc) is 2.36. The Morgan fingerprint density at radius 1 is 1.25 bits per heavy atom. The van der Waals surface area contributed by atoms with Gasteiger partial charge in [-0.2, -0.15) is 0 Å². The first-order chi connectivity index (χ1) is 9.41. The van der Waals surface area contributed by atoms with E-state index in [2.05, 4.69) is 5.32 Å². The minimum atomic E-state index is -0.901. The van der Waals surface area contributed by atoms with E-state index in [1.165, 1.54) is 6.07 Å². The fraction of sp³-hybridized carbons (Fsp3) is 0.429. The van der Waals surface area contributed by atoms with Crippen molar-refractivity contribution in [3.8, 4) is 0 Å². The van der Waals surface area contributed by atoms with Gasteiger partial charge in [0.05, 0.1) is 0 Å². The quantitative estimate of drug-likeness (QED) is 0.809. The molecule has 1 amide bonds. The highest BCUT2D eigenvalue weighted by Gasteiger charge is 2.16. The minimum Gasteiger partial charge on any atom is -0.481 e. The Morgan fingerprint density at radius 2 is 1.85 bits per heavy atom. The molecule has 20 heavy (non-hydrogen) atoms. The van der Waals surface area contributed by atoms with Crippen LogP contribution in [-0.2, 0) is 4.79 Å². The van der Waals surface area contributed by atoms with E-state index in [-0.39, 0.29) is 18.9 Å². The molecule has 1 aromatic carbocycles. The molecule has 1 unspecified atom stereocenters. The summed E-state index contributed by atoms with van der Waals surface area (Å²) in [4.78, 5) is 22.0. The highest BCUT2D eigenvalue weighted by atomic mass is 19.1. The van der Waals surface area contributed by atoms with Crippen molar-refractivity contribution in [1.82, 2.24) is 5.32 Å². The van der Waals surface area contributed by atoms with Gasteiger partial charge in [0.15, 0.2) is 0 Å². The van der Waals surface area contributed by atoms with Crippen molar-refractivity contribution in [2.24, 2.45) is 5.92 Å². The SMILES string of the molecule is CC(CCNC(=O)c1c(F)cccc1F)CCC(=O)O. The molecule has 0 fully saturated rings. The smallest absolute Gasteiger partial charge is 0.303 e. The molecule has 0 aliphatic carbocycles. The second-order valence-electron chi connectivity index (χ2n) is 4.68. The first-order valence-electron chi connectivity index (χ1n) is 6.35. The van der Waals surface area contributed by atoms with Crippen LogP contribution in [0.2, 0.25) is 0 Å². The lowest BCUT2D eigenvalue weighted by molar-refractivity contribution is -0.137. The summed E-state index contributed by atoms with van der Waals surface area (Å²) < 4.78 is 26.7. The number of carbonyl (C=O) groups excluding carboxylic acids is 1. The Kier molecular flexibility index (Phi) is 6.09. The third-order valence-electron chi connectivity index (χ3n) is 2.96. The van der Waals surface area contributed by atoms with E-state index in [4.69, 9.17) is 5.11 Å². The summed E-state index contributed by atoms with van der Waals surface area (Å²) in [6.45, 7) is 2.10. The molecule has 0 aromatic heterocycles. The van der Waals surface area contributed by atoms with Gasteiger partial charge < -0.3 is 10.4 Å². The Hall–Kier alpha value is -1.98. The van der Waals surface area contributed by atoms with Gasteiger partial charge in [0.2, 0.25) is 0 Å².